The number of carbonyl (C=O) groups is 2. The number of fused-ring (bicyclic) bond motifs is 1. The predicted octanol–water partition coefficient (Wildman–Crippen LogP) is 5.34. The van der Waals surface area contributed by atoms with E-state index in [0.29, 0.717) is 21.8 Å². The highest BCUT2D eigenvalue weighted by Crippen LogP contribution is 2.38. The molecule has 7 heteroatoms. The maximum Gasteiger partial charge on any atom is 0.313 e. The zero-order valence-electron chi connectivity index (χ0n) is 16.6. The van der Waals surface area contributed by atoms with Gasteiger partial charge in [-0.1, -0.05) is 17.7 Å². The van der Waals surface area contributed by atoms with Crippen molar-refractivity contribution in [1.29, 1.82) is 0 Å². The summed E-state index contributed by atoms with van der Waals surface area (Å²) < 4.78 is 21.9. The summed E-state index contributed by atoms with van der Waals surface area (Å²) >= 11 is 6.03. The van der Waals surface area contributed by atoms with Crippen LogP contribution in [0.3, 0.4) is 0 Å². The third-order valence-electron chi connectivity index (χ3n) is 5.73. The van der Waals surface area contributed by atoms with Gasteiger partial charge in [0.1, 0.15) is 6.10 Å². The van der Waals surface area contributed by atoms with Crippen molar-refractivity contribution < 1.29 is 23.8 Å². The number of hydrogen-bond donors (Lipinski definition) is 1. The lowest BCUT2D eigenvalue weighted by atomic mass is 9.94. The van der Waals surface area contributed by atoms with Gasteiger partial charge in [0.15, 0.2) is 11.6 Å². The summed E-state index contributed by atoms with van der Waals surface area (Å²) in [7, 11) is 0. The number of rotatable bonds is 4. The topological polar surface area (TPSA) is 68.5 Å². The molecule has 0 spiro atoms. The summed E-state index contributed by atoms with van der Waals surface area (Å²) in [4.78, 5) is 26.0. The number of aromatic hydroxyl groups is 1. The van der Waals surface area contributed by atoms with Crippen molar-refractivity contribution in [2.75, 3.05) is 0 Å². The molecule has 0 aliphatic heterocycles. The third-order valence-corrected chi connectivity index (χ3v) is 5.97. The highest BCUT2D eigenvalue weighted by Gasteiger charge is 2.32. The molecule has 156 valence electrons. The van der Waals surface area contributed by atoms with Crippen molar-refractivity contribution in [1.82, 2.24) is 4.57 Å². The van der Waals surface area contributed by atoms with Gasteiger partial charge in [0.25, 0.3) is 5.91 Å². The Morgan fingerprint density at radius 3 is 2.63 bits per heavy atom. The van der Waals surface area contributed by atoms with E-state index in [1.54, 1.807) is 32.0 Å². The standard InChI is InChI=1S/C23H21ClFNO4/c1-12(23(29)30-16-7-4-8-16)19-13(2)26(17-9-10-18(27)21(25)20(17)19)22(28)14-5-3-6-15(24)11-14/h3,5-6,9-12,16,27H,4,7-8H2,1-2H3. The first-order chi connectivity index (χ1) is 14.3. The largest absolute Gasteiger partial charge is 0.505 e. The third kappa shape index (κ3) is 3.35. The fraction of sp³-hybridized carbons (Fsp3) is 0.304. The molecule has 1 aliphatic carbocycles. The molecule has 1 N–H and O–H groups in total. The molecule has 1 atom stereocenters. The number of phenols is 1. The molecule has 4 rings (SSSR count). The van der Waals surface area contributed by atoms with E-state index in [2.05, 4.69) is 0 Å². The molecule has 3 aromatic rings. The second-order valence-corrected chi connectivity index (χ2v) is 8.09. The zero-order chi connectivity index (χ0) is 21.6. The number of nitrogens with zero attached hydrogens (tertiary/aromatic N) is 1. The van der Waals surface area contributed by atoms with Gasteiger partial charge in [0, 0.05) is 21.7 Å². The molecular formula is C23H21ClFNO4. The van der Waals surface area contributed by atoms with Crippen LogP contribution in [0.1, 0.15) is 53.7 Å². The Hall–Kier alpha value is -2.86. The van der Waals surface area contributed by atoms with E-state index in [1.807, 2.05) is 0 Å². The van der Waals surface area contributed by atoms with Crippen molar-refractivity contribution >= 4 is 34.4 Å². The van der Waals surface area contributed by atoms with Crippen LogP contribution >= 0.6 is 11.6 Å². The molecule has 1 aromatic heterocycles. The van der Waals surface area contributed by atoms with Gasteiger partial charge in [-0.3, -0.25) is 14.2 Å². The van der Waals surface area contributed by atoms with Crippen LogP contribution in [0, 0.1) is 12.7 Å². The van der Waals surface area contributed by atoms with Gasteiger partial charge in [-0.15, -0.1) is 0 Å². The van der Waals surface area contributed by atoms with Crippen LogP contribution in [0.15, 0.2) is 36.4 Å². The molecule has 1 unspecified atom stereocenters. The Bertz CT molecular complexity index is 1170. The van der Waals surface area contributed by atoms with Crippen LogP contribution in [0.5, 0.6) is 5.75 Å². The SMILES string of the molecule is Cc1c(C(C)C(=O)OC2CCC2)c2c(F)c(O)ccc2n1C(=O)c1cccc(Cl)c1. The minimum atomic E-state index is -0.869. The van der Waals surface area contributed by atoms with Crippen LogP contribution in [-0.2, 0) is 9.53 Å². The van der Waals surface area contributed by atoms with E-state index in [1.165, 1.54) is 22.8 Å². The Morgan fingerprint density at radius 2 is 2.00 bits per heavy atom. The first-order valence-corrected chi connectivity index (χ1v) is 10.2. The van der Waals surface area contributed by atoms with Gasteiger partial charge < -0.3 is 9.84 Å². The van der Waals surface area contributed by atoms with E-state index < -0.39 is 29.4 Å². The zero-order valence-corrected chi connectivity index (χ0v) is 17.4. The molecule has 30 heavy (non-hydrogen) atoms. The summed E-state index contributed by atoms with van der Waals surface area (Å²) in [5, 5.41) is 10.4. The van der Waals surface area contributed by atoms with Crippen LogP contribution in [0.2, 0.25) is 5.02 Å². The maximum atomic E-state index is 15.0. The Kier molecular flexibility index (Phi) is 5.28. The maximum absolute atomic E-state index is 15.0. The monoisotopic (exact) mass is 429 g/mol. The normalized spacial score (nSPS) is 15.1. The van der Waals surface area contributed by atoms with E-state index in [0.717, 1.165) is 19.3 Å². The number of hydrogen-bond acceptors (Lipinski definition) is 4. The van der Waals surface area contributed by atoms with E-state index in [4.69, 9.17) is 16.3 Å². The summed E-state index contributed by atoms with van der Waals surface area (Å²) in [6.07, 6.45) is 2.55. The van der Waals surface area contributed by atoms with Crippen molar-refractivity contribution in [3.63, 3.8) is 0 Å². The first-order valence-electron chi connectivity index (χ1n) is 9.82. The number of carbonyl (C=O) groups excluding carboxylic acids is 2. The van der Waals surface area contributed by atoms with Gasteiger partial charge in [0.05, 0.1) is 11.4 Å². The Labute approximate surface area is 178 Å². The second kappa shape index (κ2) is 7.76. The number of benzene rings is 2. The van der Waals surface area contributed by atoms with Crippen LogP contribution in [0.25, 0.3) is 10.9 Å². The molecular weight excluding hydrogens is 409 g/mol. The van der Waals surface area contributed by atoms with Crippen molar-refractivity contribution in [2.45, 2.75) is 45.1 Å². The lowest BCUT2D eigenvalue weighted by Crippen LogP contribution is -2.27. The average molecular weight is 430 g/mol. The number of phenolic OH excluding ortho intramolecular Hbond substituents is 1. The average Bonchev–Trinajstić information content (AvgIpc) is 2.98. The van der Waals surface area contributed by atoms with E-state index >= 15 is 0 Å². The quantitative estimate of drug-likeness (QED) is 0.569. The van der Waals surface area contributed by atoms with Gasteiger partial charge in [-0.25, -0.2) is 4.39 Å². The molecule has 5 nitrogen and oxygen atoms in total. The highest BCUT2D eigenvalue weighted by atomic mass is 35.5. The molecule has 0 radical (unpaired) electrons. The van der Waals surface area contributed by atoms with Gasteiger partial charge >= 0.3 is 5.97 Å². The van der Waals surface area contributed by atoms with Crippen LogP contribution in [0.4, 0.5) is 4.39 Å². The second-order valence-electron chi connectivity index (χ2n) is 7.65. The van der Waals surface area contributed by atoms with Crippen LogP contribution in [-0.4, -0.2) is 27.7 Å². The Balaban J connectivity index is 1.88. The lowest BCUT2D eigenvalue weighted by Gasteiger charge is -2.26. The fourth-order valence-corrected chi connectivity index (χ4v) is 4.08. The molecule has 0 bridgehead atoms. The Morgan fingerprint density at radius 1 is 1.27 bits per heavy atom. The molecule has 0 amide bonds. The van der Waals surface area contributed by atoms with Gasteiger partial charge in [-0.05, 0) is 69.0 Å². The van der Waals surface area contributed by atoms with Gasteiger partial charge in [-0.2, -0.15) is 0 Å². The molecule has 1 saturated carbocycles. The number of esters is 1. The summed E-state index contributed by atoms with van der Waals surface area (Å²) in [5.74, 6) is -3.10. The minimum absolute atomic E-state index is 0.0425. The predicted molar refractivity (Wildman–Crippen MR) is 112 cm³/mol. The molecule has 1 aliphatic rings. The number of halogens is 2. The van der Waals surface area contributed by atoms with Crippen molar-refractivity contribution in [2.24, 2.45) is 0 Å². The van der Waals surface area contributed by atoms with E-state index in [-0.39, 0.29) is 17.0 Å². The van der Waals surface area contributed by atoms with Gasteiger partial charge in [0.2, 0.25) is 0 Å². The lowest BCUT2D eigenvalue weighted by molar-refractivity contribution is -0.154. The minimum Gasteiger partial charge on any atom is -0.505 e. The summed E-state index contributed by atoms with van der Waals surface area (Å²) in [5.41, 5.74) is 1.34. The number of aromatic nitrogens is 1. The summed E-state index contributed by atoms with van der Waals surface area (Å²) in [6, 6.07) is 9.12. The van der Waals surface area contributed by atoms with Crippen molar-refractivity contribution in [3.8, 4) is 5.75 Å². The molecule has 1 fully saturated rings. The summed E-state index contributed by atoms with van der Waals surface area (Å²) in [6.45, 7) is 3.28. The fourth-order valence-electron chi connectivity index (χ4n) is 3.89. The number of ether oxygens (including phenoxy) is 1. The van der Waals surface area contributed by atoms with Crippen LogP contribution < -0.4 is 0 Å². The van der Waals surface area contributed by atoms with Crippen molar-refractivity contribution in [3.05, 3.63) is 64.1 Å². The molecule has 0 saturated heterocycles. The molecule has 1 heterocycles. The first kappa shape index (κ1) is 20.4. The van der Waals surface area contributed by atoms with E-state index in [9.17, 15) is 19.1 Å². The smallest absolute Gasteiger partial charge is 0.313 e. The highest BCUT2D eigenvalue weighted by molar-refractivity contribution is 6.31. The molecule has 2 aromatic carbocycles.